The number of nitrogens with one attached hydrogen (secondary N) is 2. The van der Waals surface area contributed by atoms with E-state index in [2.05, 4.69) is 10.3 Å². The highest BCUT2D eigenvalue weighted by Gasteiger charge is 2.41. The molecule has 0 aliphatic rings. The number of aromatic nitrogens is 1. The van der Waals surface area contributed by atoms with Crippen LogP contribution in [0.2, 0.25) is 0 Å². The van der Waals surface area contributed by atoms with Crippen molar-refractivity contribution in [2.75, 3.05) is 10.6 Å². The van der Waals surface area contributed by atoms with Crippen molar-refractivity contribution >= 4 is 29.6 Å². The van der Waals surface area contributed by atoms with Crippen LogP contribution in [-0.4, -0.2) is 44.3 Å². The van der Waals surface area contributed by atoms with Crippen molar-refractivity contribution in [2.24, 2.45) is 0 Å². The van der Waals surface area contributed by atoms with Crippen molar-refractivity contribution < 1.29 is 41.8 Å². The van der Waals surface area contributed by atoms with Crippen LogP contribution in [0.15, 0.2) is 54.7 Å². The molecule has 3 aromatic rings. The van der Waals surface area contributed by atoms with Crippen molar-refractivity contribution in [3.05, 3.63) is 71.7 Å². The molecule has 0 atom stereocenters. The van der Waals surface area contributed by atoms with Crippen molar-refractivity contribution in [1.29, 1.82) is 5.26 Å². The third-order valence-electron chi connectivity index (χ3n) is 6.02. The number of rotatable bonds is 5. The number of hydrogen-bond acceptors (Lipinski definition) is 8. The lowest BCUT2D eigenvalue weighted by molar-refractivity contribution is -0.286. The molecule has 11 nitrogen and oxygen atoms in total. The van der Waals surface area contributed by atoms with Crippen molar-refractivity contribution in [3.8, 4) is 23.1 Å². The van der Waals surface area contributed by atoms with E-state index >= 15 is 0 Å². The average Bonchev–Trinajstić information content (AvgIpc) is 2.91. The summed E-state index contributed by atoms with van der Waals surface area (Å²) in [6.07, 6.45) is -6.74. The lowest BCUT2D eigenvalue weighted by Crippen LogP contribution is -2.67. The number of carbonyl (C=O) groups is 3. The summed E-state index contributed by atoms with van der Waals surface area (Å²) in [5.41, 5.74) is -2.99. The molecule has 4 amide bonds. The fraction of sp³-hybridized carbons (Fsp3) is 0.300. The molecule has 0 saturated heterocycles. The molecule has 238 valence electrons. The molecule has 0 fully saturated rings. The number of urea groups is 1. The van der Waals surface area contributed by atoms with Crippen LogP contribution in [-0.2, 0) is 6.18 Å². The minimum absolute atomic E-state index is 0.164. The van der Waals surface area contributed by atoms with Gasteiger partial charge in [-0.25, -0.2) is 19.0 Å². The van der Waals surface area contributed by atoms with E-state index in [4.69, 9.17) is 4.74 Å². The summed E-state index contributed by atoms with van der Waals surface area (Å²) in [5.74, 6) is -1.54. The first kappa shape index (κ1) is 34.3. The van der Waals surface area contributed by atoms with Gasteiger partial charge in [-0.1, -0.05) is 12.1 Å². The van der Waals surface area contributed by atoms with Gasteiger partial charge in [-0.05, 0) is 83.5 Å². The summed E-state index contributed by atoms with van der Waals surface area (Å²) in [6.45, 7) is 10.1. The molecule has 0 aliphatic carbocycles. The van der Waals surface area contributed by atoms with Gasteiger partial charge in [0.25, 0.3) is 0 Å². The Morgan fingerprint density at radius 1 is 0.933 bits per heavy atom. The normalized spacial score (nSPS) is 11.9. The van der Waals surface area contributed by atoms with Gasteiger partial charge in [0.1, 0.15) is 17.4 Å². The Bertz CT molecular complexity index is 1630. The molecule has 0 radical (unpaired) electrons. The molecule has 45 heavy (non-hydrogen) atoms. The molecule has 0 bridgehead atoms. The second-order valence-electron chi connectivity index (χ2n) is 11.6. The van der Waals surface area contributed by atoms with E-state index in [1.165, 1.54) is 41.5 Å². The summed E-state index contributed by atoms with van der Waals surface area (Å²) < 4.78 is 58.2. The topological polar surface area (TPSA) is 151 Å². The molecule has 2 aromatic carbocycles. The number of carbonyl (C=O) groups excluding carboxylic acids is 3. The Kier molecular flexibility index (Phi) is 9.74. The van der Waals surface area contributed by atoms with E-state index < -0.39 is 58.4 Å². The van der Waals surface area contributed by atoms with Gasteiger partial charge in [0, 0.05) is 28.5 Å². The van der Waals surface area contributed by atoms with Crippen LogP contribution in [0.1, 0.15) is 52.7 Å². The van der Waals surface area contributed by atoms with E-state index in [9.17, 15) is 42.3 Å². The monoisotopic (exact) mass is 629 g/mol. The maximum Gasteiger partial charge on any atom is 0.437 e. The molecule has 2 N–H and O–H groups in total. The van der Waals surface area contributed by atoms with E-state index in [0.717, 1.165) is 0 Å². The minimum atomic E-state index is -4.74. The van der Waals surface area contributed by atoms with Crippen LogP contribution >= 0.6 is 0 Å². The first-order chi connectivity index (χ1) is 20.7. The summed E-state index contributed by atoms with van der Waals surface area (Å²) in [4.78, 5) is 41.5. The van der Waals surface area contributed by atoms with E-state index in [1.807, 2.05) is 11.4 Å². The molecule has 1 aromatic heterocycles. The molecule has 1 heterocycles. The van der Waals surface area contributed by atoms with Crippen molar-refractivity contribution in [2.45, 2.75) is 58.8 Å². The number of carboxylic acid groups (broad SMARTS) is 1. The first-order valence-corrected chi connectivity index (χ1v) is 13.2. The summed E-state index contributed by atoms with van der Waals surface area (Å²) in [7, 11) is 0. The van der Waals surface area contributed by atoms with Gasteiger partial charge >= 0.3 is 18.3 Å². The molecule has 3 rings (SSSR count). The largest absolute Gasteiger partial charge is 0.528 e. The quantitative estimate of drug-likeness (QED) is 0.244. The number of alkyl halides is 3. The zero-order valence-corrected chi connectivity index (χ0v) is 25.0. The van der Waals surface area contributed by atoms with E-state index in [-0.39, 0.29) is 16.8 Å². The molecule has 15 heteroatoms. The van der Waals surface area contributed by atoms with Crippen molar-refractivity contribution in [3.63, 3.8) is 0 Å². The number of nitriles is 1. The number of halogens is 4. The minimum Gasteiger partial charge on any atom is -0.528 e. The Hall–Kier alpha value is -5.23. The summed E-state index contributed by atoms with van der Waals surface area (Å²) in [5, 5.41) is 27.9. The van der Waals surface area contributed by atoms with Gasteiger partial charge in [-0.3, -0.25) is 0 Å². The Balaban J connectivity index is 1.84. The highest BCUT2D eigenvalue weighted by atomic mass is 19.4. The second-order valence-corrected chi connectivity index (χ2v) is 11.6. The number of hydrazine groups is 1. The van der Waals surface area contributed by atoms with E-state index in [0.29, 0.717) is 28.8 Å². The van der Waals surface area contributed by atoms with Gasteiger partial charge < -0.3 is 25.3 Å². The molecule has 0 saturated carbocycles. The van der Waals surface area contributed by atoms with Crippen LogP contribution in [0.3, 0.4) is 0 Å². The number of ether oxygens (including phenoxy) is 1. The predicted octanol–water partition coefficient (Wildman–Crippen LogP) is 6.38. The second kappa shape index (κ2) is 12.8. The number of amides is 4. The highest BCUT2D eigenvalue weighted by Crippen LogP contribution is 2.33. The van der Waals surface area contributed by atoms with Crippen LogP contribution in [0.4, 0.5) is 43.3 Å². The number of hydrogen-bond donors (Lipinski definition) is 2. The molecular weight excluding hydrogens is 600 g/mol. The fourth-order valence-electron chi connectivity index (χ4n) is 4.65. The molecule has 0 spiro atoms. The zero-order valence-electron chi connectivity index (χ0n) is 25.0. The maximum absolute atomic E-state index is 14.0. The SMILES string of the molecule is CC(C)(C)N(N(C(=O)[O-])C(=O)Oc1nccc(-c2ccc(NC(=O)Nc3cc(C(F)(F)F)ccc3F)cc2)c1C#N)C(C)(C)C. The Morgan fingerprint density at radius 3 is 2.04 bits per heavy atom. The molecule has 0 aliphatic heterocycles. The van der Waals surface area contributed by atoms with Gasteiger partial charge in [0.2, 0.25) is 5.88 Å². The van der Waals surface area contributed by atoms with E-state index in [1.54, 1.807) is 41.5 Å². The Morgan fingerprint density at radius 2 is 1.53 bits per heavy atom. The fourth-order valence-corrected chi connectivity index (χ4v) is 4.65. The van der Waals surface area contributed by atoms with Crippen LogP contribution in [0.25, 0.3) is 11.1 Å². The maximum atomic E-state index is 14.0. The summed E-state index contributed by atoms with van der Waals surface area (Å²) >= 11 is 0. The van der Waals surface area contributed by atoms with Crippen LogP contribution < -0.4 is 20.5 Å². The first-order valence-electron chi connectivity index (χ1n) is 13.2. The lowest BCUT2D eigenvalue weighted by atomic mass is 9.99. The number of imide groups is 1. The Labute approximate surface area is 256 Å². The standard InChI is InChI=1S/C30H30F4N6O5/c1-28(2,3)40(29(4,5)6)39(26(42)43)27(44)45-24-21(16-35)20(13-14-36-24)17-7-10-19(11-8-17)37-25(41)38-23-15-18(30(32,33)34)9-12-22(23)31/h7-15H,1-6H3,(H,42,43)(H2,37,38,41)/p-1. The highest BCUT2D eigenvalue weighted by molar-refractivity contribution is 6.00. The third kappa shape index (κ3) is 8.24. The average molecular weight is 630 g/mol. The molecule has 0 unspecified atom stereocenters. The van der Waals surface area contributed by atoms with Crippen LogP contribution in [0, 0.1) is 17.1 Å². The van der Waals surface area contributed by atoms with Crippen LogP contribution in [0.5, 0.6) is 5.88 Å². The summed E-state index contributed by atoms with van der Waals surface area (Å²) in [6, 6.07) is 9.63. The lowest BCUT2D eigenvalue weighted by Gasteiger charge is -2.50. The molecular formula is C30H29F4N6O5-. The zero-order chi connectivity index (χ0) is 33.9. The van der Waals surface area contributed by atoms with Gasteiger partial charge in [0.15, 0.2) is 6.09 Å². The van der Waals surface area contributed by atoms with Gasteiger partial charge in [0.05, 0.1) is 11.3 Å². The predicted molar refractivity (Wildman–Crippen MR) is 153 cm³/mol. The van der Waals surface area contributed by atoms with Crippen molar-refractivity contribution in [1.82, 2.24) is 15.0 Å². The number of nitrogens with zero attached hydrogens (tertiary/aromatic N) is 4. The van der Waals surface area contributed by atoms with Gasteiger partial charge in [-0.15, -0.1) is 0 Å². The third-order valence-corrected chi connectivity index (χ3v) is 6.02. The smallest absolute Gasteiger partial charge is 0.437 e. The number of anilines is 2. The van der Waals surface area contributed by atoms with Gasteiger partial charge in [-0.2, -0.15) is 28.5 Å². The number of benzene rings is 2. The number of pyridine rings is 1.